The molecule has 3 aromatic rings. The summed E-state index contributed by atoms with van der Waals surface area (Å²) in [5.41, 5.74) is 1.18. The van der Waals surface area contributed by atoms with Gasteiger partial charge < -0.3 is 0 Å². The van der Waals surface area contributed by atoms with Crippen molar-refractivity contribution in [2.75, 3.05) is 0 Å². The molecule has 0 radical (unpaired) electrons. The molecular formula is C23H26NOPS. The molecule has 0 unspecified atom stereocenters. The summed E-state index contributed by atoms with van der Waals surface area (Å²) in [6.07, 6.45) is 0. The highest BCUT2D eigenvalue weighted by Gasteiger charge is 2.33. The summed E-state index contributed by atoms with van der Waals surface area (Å²) < 4.78 is 15.5. The van der Waals surface area contributed by atoms with E-state index >= 15 is 0 Å². The SMILES string of the molecule is CC(C)(C)[S@](=O)N(Cc1ccccc1)P(c1ccccc1)c1ccccc1. The summed E-state index contributed by atoms with van der Waals surface area (Å²) >= 11 is 0. The molecule has 3 rings (SSSR count). The highest BCUT2D eigenvalue weighted by molar-refractivity contribution is 7.93. The van der Waals surface area contributed by atoms with E-state index in [4.69, 9.17) is 0 Å². The second-order valence-corrected chi connectivity index (χ2v) is 11.9. The van der Waals surface area contributed by atoms with Gasteiger partial charge in [0.15, 0.2) is 0 Å². The second-order valence-electron chi connectivity index (χ2n) is 7.34. The molecule has 0 fully saturated rings. The summed E-state index contributed by atoms with van der Waals surface area (Å²) in [6, 6.07) is 31.2. The first-order valence-electron chi connectivity index (χ1n) is 9.10. The van der Waals surface area contributed by atoms with E-state index < -0.39 is 19.1 Å². The van der Waals surface area contributed by atoms with E-state index in [0.717, 1.165) is 0 Å². The molecule has 3 aromatic carbocycles. The Kier molecular flexibility index (Phi) is 6.59. The molecule has 0 aromatic heterocycles. The molecule has 0 N–H and O–H groups in total. The van der Waals surface area contributed by atoms with Crippen LogP contribution in [0.2, 0.25) is 0 Å². The van der Waals surface area contributed by atoms with Gasteiger partial charge in [0.1, 0.15) is 11.0 Å². The average molecular weight is 396 g/mol. The maximum Gasteiger partial charge on any atom is 0.104 e. The van der Waals surface area contributed by atoms with Crippen LogP contribution in [0.1, 0.15) is 26.3 Å². The lowest BCUT2D eigenvalue weighted by molar-refractivity contribution is 0.585. The Morgan fingerprint density at radius 1 is 0.741 bits per heavy atom. The number of hydrogen-bond donors (Lipinski definition) is 0. The van der Waals surface area contributed by atoms with Crippen molar-refractivity contribution in [3.05, 3.63) is 96.6 Å². The van der Waals surface area contributed by atoms with E-state index in [0.29, 0.717) is 6.54 Å². The highest BCUT2D eigenvalue weighted by atomic mass is 32.2. The Morgan fingerprint density at radius 3 is 1.56 bits per heavy atom. The fraction of sp³-hybridized carbons (Fsp3) is 0.217. The van der Waals surface area contributed by atoms with Crippen molar-refractivity contribution in [2.24, 2.45) is 0 Å². The van der Waals surface area contributed by atoms with Gasteiger partial charge in [-0.25, -0.2) is 4.21 Å². The second kappa shape index (κ2) is 8.93. The van der Waals surface area contributed by atoms with Crippen molar-refractivity contribution in [1.82, 2.24) is 4.08 Å². The molecule has 0 saturated carbocycles. The Morgan fingerprint density at radius 2 is 1.15 bits per heavy atom. The minimum absolute atomic E-state index is 0.334. The molecule has 0 aliphatic rings. The van der Waals surface area contributed by atoms with Gasteiger partial charge in [-0.2, -0.15) is 4.08 Å². The topological polar surface area (TPSA) is 20.3 Å². The minimum Gasteiger partial charge on any atom is -0.242 e. The zero-order valence-corrected chi connectivity index (χ0v) is 17.8. The van der Waals surface area contributed by atoms with Crippen molar-refractivity contribution in [1.29, 1.82) is 0 Å². The normalized spacial score (nSPS) is 13.1. The van der Waals surface area contributed by atoms with Crippen molar-refractivity contribution < 1.29 is 4.21 Å². The molecule has 0 aliphatic carbocycles. The predicted molar refractivity (Wildman–Crippen MR) is 119 cm³/mol. The Hall–Kier alpha value is -1.80. The molecule has 0 saturated heterocycles. The van der Waals surface area contributed by atoms with Crippen LogP contribution in [0.3, 0.4) is 0 Å². The first-order chi connectivity index (χ1) is 13.0. The third-order valence-electron chi connectivity index (χ3n) is 4.10. The third-order valence-corrected chi connectivity index (χ3v) is 8.76. The Balaban J connectivity index is 2.11. The van der Waals surface area contributed by atoms with Crippen molar-refractivity contribution in [3.8, 4) is 0 Å². The molecular weight excluding hydrogens is 369 g/mol. The lowest BCUT2D eigenvalue weighted by Gasteiger charge is -2.35. The van der Waals surface area contributed by atoms with Gasteiger partial charge in [0.25, 0.3) is 0 Å². The van der Waals surface area contributed by atoms with Crippen LogP contribution in [0.25, 0.3) is 0 Å². The van der Waals surface area contributed by atoms with E-state index in [1.165, 1.54) is 16.2 Å². The van der Waals surface area contributed by atoms with E-state index in [9.17, 15) is 4.21 Å². The van der Waals surface area contributed by atoms with Crippen LogP contribution in [0.5, 0.6) is 0 Å². The molecule has 0 amide bonds. The molecule has 0 spiro atoms. The lowest BCUT2D eigenvalue weighted by atomic mass is 10.2. The Bertz CT molecular complexity index is 824. The summed E-state index contributed by atoms with van der Waals surface area (Å²) in [4.78, 5) is 0. The molecule has 0 aliphatic heterocycles. The average Bonchev–Trinajstić information content (AvgIpc) is 2.69. The van der Waals surface area contributed by atoms with E-state index in [1.54, 1.807) is 0 Å². The van der Waals surface area contributed by atoms with Crippen LogP contribution in [0.15, 0.2) is 91.0 Å². The number of hydrogen-bond acceptors (Lipinski definition) is 1. The largest absolute Gasteiger partial charge is 0.242 e. The quantitative estimate of drug-likeness (QED) is 0.538. The molecule has 0 bridgehead atoms. The van der Waals surface area contributed by atoms with E-state index in [1.807, 2.05) is 51.1 Å². The van der Waals surface area contributed by atoms with Crippen molar-refractivity contribution in [3.63, 3.8) is 0 Å². The van der Waals surface area contributed by atoms with Crippen molar-refractivity contribution in [2.45, 2.75) is 32.1 Å². The Labute approximate surface area is 166 Å². The molecule has 1 atom stereocenters. The fourth-order valence-corrected chi connectivity index (χ4v) is 7.62. The molecule has 0 heterocycles. The lowest BCUT2D eigenvalue weighted by Crippen LogP contribution is -2.38. The minimum atomic E-state index is -1.14. The van der Waals surface area contributed by atoms with Crippen LogP contribution in [-0.4, -0.2) is 13.0 Å². The smallest absolute Gasteiger partial charge is 0.104 e. The number of rotatable bonds is 6. The van der Waals surface area contributed by atoms with E-state index in [-0.39, 0.29) is 4.75 Å². The van der Waals surface area contributed by atoms with Crippen LogP contribution in [0.4, 0.5) is 0 Å². The molecule has 2 nitrogen and oxygen atoms in total. The van der Waals surface area contributed by atoms with E-state index in [2.05, 4.69) is 64.7 Å². The standard InChI is InChI=1S/C23H26NOPS/c1-23(2,3)27(25)24(19-20-13-7-4-8-14-20)26(21-15-9-5-10-16-21)22-17-11-6-12-18-22/h4-18H,19H2,1-3H3/t27-/m0/s1. The first-order valence-corrected chi connectivity index (χ1v) is 11.5. The summed E-state index contributed by atoms with van der Waals surface area (Å²) in [5, 5.41) is 2.43. The fourth-order valence-electron chi connectivity index (χ4n) is 2.80. The van der Waals surface area contributed by atoms with Gasteiger partial charge in [-0.15, -0.1) is 0 Å². The first kappa shape index (κ1) is 19.9. The molecule has 4 heteroatoms. The zero-order chi connectivity index (χ0) is 19.3. The summed E-state index contributed by atoms with van der Waals surface area (Å²) in [6.45, 7) is 6.79. The number of nitrogens with zero attached hydrogens (tertiary/aromatic N) is 1. The number of benzene rings is 3. The highest BCUT2D eigenvalue weighted by Crippen LogP contribution is 2.43. The van der Waals surface area contributed by atoms with Crippen LogP contribution in [0, 0.1) is 0 Å². The maximum atomic E-state index is 13.6. The van der Waals surface area contributed by atoms with Crippen LogP contribution in [-0.2, 0) is 17.5 Å². The summed E-state index contributed by atoms with van der Waals surface area (Å²) in [7, 11) is -2.05. The van der Waals surface area contributed by atoms with Gasteiger partial charge in [0, 0.05) is 14.6 Å². The zero-order valence-electron chi connectivity index (χ0n) is 16.1. The van der Waals surface area contributed by atoms with Crippen LogP contribution < -0.4 is 10.6 Å². The molecule has 140 valence electrons. The predicted octanol–water partition coefficient (Wildman–Crippen LogP) is 5.00. The summed E-state index contributed by atoms with van der Waals surface area (Å²) in [5.74, 6) is 0. The third kappa shape index (κ3) is 5.13. The van der Waals surface area contributed by atoms with Gasteiger partial charge in [-0.05, 0) is 36.9 Å². The van der Waals surface area contributed by atoms with Gasteiger partial charge in [-0.3, -0.25) is 0 Å². The van der Waals surface area contributed by atoms with Crippen LogP contribution >= 0.6 is 8.07 Å². The van der Waals surface area contributed by atoms with Gasteiger partial charge in [0.2, 0.25) is 0 Å². The van der Waals surface area contributed by atoms with Gasteiger partial charge in [-0.1, -0.05) is 91.0 Å². The monoisotopic (exact) mass is 395 g/mol. The van der Waals surface area contributed by atoms with Crippen molar-refractivity contribution >= 4 is 29.7 Å². The van der Waals surface area contributed by atoms with Gasteiger partial charge in [0.05, 0.1) is 4.75 Å². The maximum absolute atomic E-state index is 13.6. The van der Waals surface area contributed by atoms with Gasteiger partial charge >= 0.3 is 0 Å². The molecule has 27 heavy (non-hydrogen) atoms.